The van der Waals surface area contributed by atoms with Gasteiger partial charge in [-0.15, -0.1) is 0 Å². The van der Waals surface area contributed by atoms with Crippen LogP contribution in [0.1, 0.15) is 29.8 Å². The van der Waals surface area contributed by atoms with Crippen LogP contribution in [0.2, 0.25) is 0 Å². The molecule has 1 fully saturated rings. The molecule has 0 spiro atoms. The highest BCUT2D eigenvalue weighted by atomic mass is 16.4. The van der Waals surface area contributed by atoms with E-state index in [0.717, 1.165) is 33.7 Å². The fraction of sp³-hybridized carbons (Fsp3) is 0.360. The number of para-hydroxylation sites is 1. The van der Waals surface area contributed by atoms with Crippen molar-refractivity contribution in [1.82, 2.24) is 25.1 Å². The van der Waals surface area contributed by atoms with Gasteiger partial charge in [0, 0.05) is 37.8 Å². The molecule has 10 nitrogen and oxygen atoms in total. The highest BCUT2D eigenvalue weighted by Gasteiger charge is 2.33. The van der Waals surface area contributed by atoms with Crippen LogP contribution >= 0.6 is 0 Å². The monoisotopic (exact) mass is 476 g/mol. The van der Waals surface area contributed by atoms with E-state index in [-0.39, 0.29) is 18.5 Å². The summed E-state index contributed by atoms with van der Waals surface area (Å²) in [6.07, 6.45) is 1.44. The topological polar surface area (TPSA) is 131 Å². The molecule has 1 atom stereocenters. The van der Waals surface area contributed by atoms with Crippen molar-refractivity contribution in [2.24, 2.45) is 0 Å². The minimum absolute atomic E-state index is 0.0206. The zero-order valence-corrected chi connectivity index (χ0v) is 19.5. The molecule has 5 rings (SSSR count). The molecule has 2 aliphatic heterocycles. The summed E-state index contributed by atoms with van der Waals surface area (Å²) in [6, 6.07) is 11.7. The second-order valence-electron chi connectivity index (χ2n) is 9.15. The molecule has 0 saturated carbocycles. The number of aliphatic carboxylic acids is 1. The van der Waals surface area contributed by atoms with Crippen molar-refractivity contribution in [2.75, 3.05) is 18.4 Å². The maximum Gasteiger partial charge on any atom is 0.326 e. The number of imidazole rings is 1. The third-order valence-electron chi connectivity index (χ3n) is 6.75. The third-order valence-corrected chi connectivity index (χ3v) is 6.75. The Kier molecular flexibility index (Phi) is 6.02. The standard InChI is InChI=1S/C25H28N6O4/c1-15-26-20-7-6-16(12-21(20)27-15)13-22(23(32)33)29-24(34)30-10-8-18(9-11-30)31-14-17-4-2-3-5-19(17)28-25(31)35/h2-7,12,18,22H,8-11,13-14H2,1H3,(H,26,27)(H,28,35)(H,29,34)(H,32,33)/t22-/m1/s1. The summed E-state index contributed by atoms with van der Waals surface area (Å²) in [5, 5.41) is 15.3. The summed E-state index contributed by atoms with van der Waals surface area (Å²) in [6.45, 7) is 3.31. The van der Waals surface area contributed by atoms with Gasteiger partial charge in [-0.25, -0.2) is 19.4 Å². The number of fused-ring (bicyclic) bond motifs is 2. The van der Waals surface area contributed by atoms with Gasteiger partial charge in [0.2, 0.25) is 0 Å². The molecule has 0 aliphatic carbocycles. The molecule has 0 radical (unpaired) electrons. The van der Waals surface area contributed by atoms with E-state index in [1.807, 2.05) is 54.3 Å². The number of likely N-dealkylation sites (tertiary alicyclic amines) is 1. The zero-order chi connectivity index (χ0) is 24.5. The lowest BCUT2D eigenvalue weighted by molar-refractivity contribution is -0.139. The Hall–Kier alpha value is -4.08. The number of urea groups is 2. The molecule has 35 heavy (non-hydrogen) atoms. The molecule has 10 heteroatoms. The Bertz CT molecular complexity index is 1280. The van der Waals surface area contributed by atoms with Crippen molar-refractivity contribution < 1.29 is 19.5 Å². The number of carboxylic acids is 1. The van der Waals surface area contributed by atoms with Gasteiger partial charge in [-0.1, -0.05) is 24.3 Å². The number of nitrogens with zero attached hydrogens (tertiary/aromatic N) is 3. The molecule has 3 heterocycles. The van der Waals surface area contributed by atoms with E-state index in [0.29, 0.717) is 32.5 Å². The maximum absolute atomic E-state index is 12.9. The van der Waals surface area contributed by atoms with E-state index in [4.69, 9.17) is 0 Å². The highest BCUT2D eigenvalue weighted by molar-refractivity contribution is 5.92. The van der Waals surface area contributed by atoms with Crippen LogP contribution in [0.15, 0.2) is 42.5 Å². The molecule has 4 amide bonds. The van der Waals surface area contributed by atoms with Gasteiger partial charge < -0.3 is 30.5 Å². The molecule has 2 aromatic carbocycles. The van der Waals surface area contributed by atoms with Gasteiger partial charge >= 0.3 is 18.0 Å². The first-order valence-electron chi connectivity index (χ1n) is 11.8. The Balaban J connectivity index is 1.18. The number of H-pyrrole nitrogens is 1. The Morgan fingerprint density at radius 3 is 2.74 bits per heavy atom. The number of anilines is 1. The number of amides is 4. The first-order chi connectivity index (χ1) is 16.9. The SMILES string of the molecule is Cc1nc2ccc(C[C@@H](NC(=O)N3CCC(N4Cc5ccccc5NC4=O)CC3)C(=O)O)cc2[nH]1. The van der Waals surface area contributed by atoms with E-state index in [1.54, 1.807) is 4.90 Å². The minimum Gasteiger partial charge on any atom is -0.480 e. The van der Waals surface area contributed by atoms with E-state index in [2.05, 4.69) is 20.6 Å². The molecule has 0 bridgehead atoms. The summed E-state index contributed by atoms with van der Waals surface area (Å²) in [5.74, 6) is -0.298. The molecule has 1 saturated heterocycles. The van der Waals surface area contributed by atoms with Gasteiger partial charge in [0.15, 0.2) is 0 Å². The smallest absolute Gasteiger partial charge is 0.326 e. The molecular formula is C25H28N6O4. The number of aromatic nitrogens is 2. The van der Waals surface area contributed by atoms with Crippen LogP contribution in [0.4, 0.5) is 15.3 Å². The minimum atomic E-state index is -1.09. The van der Waals surface area contributed by atoms with Crippen molar-refractivity contribution in [3.63, 3.8) is 0 Å². The maximum atomic E-state index is 12.9. The van der Waals surface area contributed by atoms with Gasteiger partial charge in [0.25, 0.3) is 0 Å². The average molecular weight is 477 g/mol. The first kappa shape index (κ1) is 22.7. The Morgan fingerprint density at radius 1 is 1.20 bits per heavy atom. The van der Waals surface area contributed by atoms with Crippen molar-refractivity contribution in [3.8, 4) is 0 Å². The van der Waals surface area contributed by atoms with Gasteiger partial charge in [-0.2, -0.15) is 0 Å². The largest absolute Gasteiger partial charge is 0.480 e. The summed E-state index contributed by atoms with van der Waals surface area (Å²) in [5.41, 5.74) is 4.36. The van der Waals surface area contributed by atoms with Gasteiger partial charge in [-0.05, 0) is 49.1 Å². The predicted octanol–water partition coefficient (Wildman–Crippen LogP) is 3.09. The van der Waals surface area contributed by atoms with Crippen LogP contribution in [0, 0.1) is 6.92 Å². The lowest BCUT2D eigenvalue weighted by atomic mass is 10.0. The zero-order valence-electron chi connectivity index (χ0n) is 19.5. The molecule has 4 N–H and O–H groups in total. The number of carbonyl (C=O) groups is 3. The summed E-state index contributed by atoms with van der Waals surface area (Å²) in [7, 11) is 0. The van der Waals surface area contributed by atoms with Crippen LogP contribution < -0.4 is 10.6 Å². The summed E-state index contributed by atoms with van der Waals surface area (Å²) in [4.78, 5) is 48.3. The molecule has 2 aliphatic rings. The fourth-order valence-corrected chi connectivity index (χ4v) is 4.89. The van der Waals surface area contributed by atoms with Gasteiger partial charge in [0.05, 0.1) is 11.0 Å². The number of hydrogen-bond acceptors (Lipinski definition) is 4. The number of carbonyl (C=O) groups excluding carboxylic acids is 2. The van der Waals surface area contributed by atoms with Crippen molar-refractivity contribution in [2.45, 2.75) is 44.8 Å². The number of rotatable bonds is 5. The summed E-state index contributed by atoms with van der Waals surface area (Å²) < 4.78 is 0. The van der Waals surface area contributed by atoms with E-state index in [1.165, 1.54) is 0 Å². The second kappa shape index (κ2) is 9.28. The third kappa shape index (κ3) is 4.77. The lowest BCUT2D eigenvalue weighted by Gasteiger charge is -2.40. The normalized spacial score (nSPS) is 17.1. The molecular weight excluding hydrogens is 448 g/mol. The second-order valence-corrected chi connectivity index (χ2v) is 9.15. The number of aromatic amines is 1. The number of hydrogen-bond donors (Lipinski definition) is 4. The number of carboxylic acid groups (broad SMARTS) is 1. The number of piperidine rings is 1. The lowest BCUT2D eigenvalue weighted by Crippen LogP contribution is -2.54. The van der Waals surface area contributed by atoms with Crippen molar-refractivity contribution >= 4 is 34.8 Å². The number of aryl methyl sites for hydroxylation is 1. The van der Waals surface area contributed by atoms with Crippen LogP contribution in [0.25, 0.3) is 11.0 Å². The Morgan fingerprint density at radius 2 is 1.97 bits per heavy atom. The average Bonchev–Trinajstić information content (AvgIpc) is 3.22. The van der Waals surface area contributed by atoms with Gasteiger partial charge in [0.1, 0.15) is 11.9 Å². The van der Waals surface area contributed by atoms with Crippen molar-refractivity contribution in [3.05, 3.63) is 59.4 Å². The van der Waals surface area contributed by atoms with E-state index in [9.17, 15) is 19.5 Å². The Labute approximate surface area is 202 Å². The molecule has 0 unspecified atom stereocenters. The summed E-state index contributed by atoms with van der Waals surface area (Å²) >= 11 is 0. The van der Waals surface area contributed by atoms with Gasteiger partial charge in [-0.3, -0.25) is 0 Å². The van der Waals surface area contributed by atoms with Crippen LogP contribution in [-0.2, 0) is 17.8 Å². The predicted molar refractivity (Wildman–Crippen MR) is 130 cm³/mol. The first-order valence-corrected chi connectivity index (χ1v) is 11.8. The van der Waals surface area contributed by atoms with E-state index < -0.39 is 18.0 Å². The van der Waals surface area contributed by atoms with E-state index >= 15 is 0 Å². The molecule has 182 valence electrons. The van der Waals surface area contributed by atoms with Crippen LogP contribution in [-0.4, -0.2) is 68.1 Å². The van der Waals surface area contributed by atoms with Crippen molar-refractivity contribution in [1.29, 1.82) is 0 Å². The molecule has 3 aromatic rings. The fourth-order valence-electron chi connectivity index (χ4n) is 4.89. The number of benzene rings is 2. The number of nitrogens with one attached hydrogen (secondary N) is 3. The van der Waals surface area contributed by atoms with Crippen LogP contribution in [0.5, 0.6) is 0 Å². The quantitative estimate of drug-likeness (QED) is 0.450. The molecule has 1 aromatic heterocycles. The van der Waals surface area contributed by atoms with Crippen LogP contribution in [0.3, 0.4) is 0 Å². The highest BCUT2D eigenvalue weighted by Crippen LogP contribution is 2.27.